The number of ether oxygens (including phenoxy) is 1. The number of hydrogen-bond acceptors (Lipinski definition) is 2. The van der Waals surface area contributed by atoms with Crippen molar-refractivity contribution in [3.8, 4) is 5.75 Å². The van der Waals surface area contributed by atoms with Crippen molar-refractivity contribution in [1.29, 1.82) is 0 Å². The molecule has 2 N–H and O–H groups in total. The van der Waals surface area contributed by atoms with Crippen LogP contribution >= 0.6 is 0 Å². The van der Waals surface area contributed by atoms with Gasteiger partial charge < -0.3 is 10.5 Å². The highest BCUT2D eigenvalue weighted by atomic mass is 19.4. The molecule has 90 valence electrons. The minimum Gasteiger partial charge on any atom is -0.491 e. The van der Waals surface area contributed by atoms with Gasteiger partial charge in [0.15, 0.2) is 0 Å². The Morgan fingerprint density at radius 2 is 2.00 bits per heavy atom. The maximum absolute atomic E-state index is 11.8. The molecule has 5 heteroatoms. The summed E-state index contributed by atoms with van der Waals surface area (Å²) in [6, 6.07) is 5.22. The Kier molecular flexibility index (Phi) is 4.04. The molecule has 0 unspecified atom stereocenters. The molecule has 0 saturated carbocycles. The molecule has 0 aliphatic heterocycles. The van der Waals surface area contributed by atoms with E-state index in [4.69, 9.17) is 10.5 Å². The predicted molar refractivity (Wildman–Crippen MR) is 56.4 cm³/mol. The first-order chi connectivity index (χ1) is 7.40. The fourth-order valence-corrected chi connectivity index (χ4v) is 1.23. The lowest BCUT2D eigenvalue weighted by Gasteiger charge is -2.11. The number of nitrogens with two attached hydrogens (primary N) is 1. The van der Waals surface area contributed by atoms with E-state index in [9.17, 15) is 13.2 Å². The molecule has 0 spiro atoms. The summed E-state index contributed by atoms with van der Waals surface area (Å²) in [6.45, 7) is 1.84. The zero-order valence-electron chi connectivity index (χ0n) is 8.97. The summed E-state index contributed by atoms with van der Waals surface area (Å²) >= 11 is 0. The minimum absolute atomic E-state index is 0.0210. The molecule has 2 nitrogen and oxygen atoms in total. The maximum atomic E-state index is 11.8. The Morgan fingerprint density at radius 1 is 1.31 bits per heavy atom. The summed E-state index contributed by atoms with van der Waals surface area (Å²) in [5.74, 6) is 0.446. The second-order valence-corrected chi connectivity index (χ2v) is 3.55. The zero-order valence-corrected chi connectivity index (χ0v) is 8.97. The third-order valence-electron chi connectivity index (χ3n) is 2.15. The quantitative estimate of drug-likeness (QED) is 0.639. The molecular formula is C11H14F3NO. The van der Waals surface area contributed by atoms with E-state index in [2.05, 4.69) is 0 Å². The van der Waals surface area contributed by atoms with Crippen LogP contribution in [0.3, 0.4) is 0 Å². The van der Waals surface area contributed by atoms with Gasteiger partial charge in [0.25, 0.3) is 0 Å². The molecule has 0 heterocycles. The number of hydrogen-bond donors (Lipinski definition) is 1. The Labute approximate surface area is 92.2 Å². The van der Waals surface area contributed by atoms with Crippen molar-refractivity contribution >= 4 is 5.69 Å². The lowest BCUT2D eigenvalue weighted by molar-refractivity contribution is -0.136. The van der Waals surface area contributed by atoms with Gasteiger partial charge in [-0.3, -0.25) is 0 Å². The summed E-state index contributed by atoms with van der Waals surface area (Å²) in [5, 5.41) is 0. The van der Waals surface area contributed by atoms with Crippen molar-refractivity contribution in [3.63, 3.8) is 0 Å². The standard InChI is InChI=1S/C11H14F3NO/c1-8-4-2-5-9(10(8)15)16-7-3-6-11(12,13)14/h2,4-5H,3,6-7,15H2,1H3. The van der Waals surface area contributed by atoms with Crippen molar-refractivity contribution in [2.45, 2.75) is 25.9 Å². The van der Waals surface area contributed by atoms with Gasteiger partial charge in [0, 0.05) is 6.42 Å². The Morgan fingerprint density at radius 3 is 2.62 bits per heavy atom. The van der Waals surface area contributed by atoms with E-state index in [0.29, 0.717) is 11.4 Å². The second-order valence-electron chi connectivity index (χ2n) is 3.55. The van der Waals surface area contributed by atoms with E-state index in [0.717, 1.165) is 5.56 Å². The van der Waals surface area contributed by atoms with Gasteiger partial charge >= 0.3 is 6.18 Å². The number of aryl methyl sites for hydroxylation is 1. The van der Waals surface area contributed by atoms with Gasteiger partial charge in [-0.2, -0.15) is 13.2 Å². The smallest absolute Gasteiger partial charge is 0.389 e. The lowest BCUT2D eigenvalue weighted by atomic mass is 10.2. The zero-order chi connectivity index (χ0) is 12.2. The molecule has 0 amide bonds. The first-order valence-corrected chi connectivity index (χ1v) is 4.95. The number of halogens is 3. The van der Waals surface area contributed by atoms with E-state index in [-0.39, 0.29) is 13.0 Å². The van der Waals surface area contributed by atoms with Gasteiger partial charge in [-0.1, -0.05) is 12.1 Å². The van der Waals surface area contributed by atoms with Crippen LogP contribution in [0.1, 0.15) is 18.4 Å². The highest BCUT2D eigenvalue weighted by Crippen LogP contribution is 2.25. The van der Waals surface area contributed by atoms with Crippen LogP contribution in [0.2, 0.25) is 0 Å². The number of nitrogen functional groups attached to an aromatic ring is 1. The molecule has 0 radical (unpaired) electrons. The van der Waals surface area contributed by atoms with E-state index in [1.165, 1.54) is 0 Å². The van der Waals surface area contributed by atoms with Crippen molar-refractivity contribution < 1.29 is 17.9 Å². The number of benzene rings is 1. The third kappa shape index (κ3) is 4.00. The molecule has 0 bridgehead atoms. The molecule has 0 aromatic heterocycles. The predicted octanol–water partition coefficient (Wildman–Crippen LogP) is 3.30. The number of rotatable bonds is 4. The Balaban J connectivity index is 2.41. The highest BCUT2D eigenvalue weighted by molar-refractivity contribution is 5.57. The maximum Gasteiger partial charge on any atom is 0.389 e. The fraction of sp³-hybridized carbons (Fsp3) is 0.455. The van der Waals surface area contributed by atoms with Gasteiger partial charge in [0.1, 0.15) is 5.75 Å². The van der Waals surface area contributed by atoms with Crippen LogP contribution in [-0.4, -0.2) is 12.8 Å². The average molecular weight is 233 g/mol. The monoisotopic (exact) mass is 233 g/mol. The molecule has 0 atom stereocenters. The molecule has 0 saturated heterocycles. The van der Waals surface area contributed by atoms with Crippen LogP contribution in [0.5, 0.6) is 5.75 Å². The summed E-state index contributed by atoms with van der Waals surface area (Å²) in [6.07, 6.45) is -5.02. The number of alkyl halides is 3. The summed E-state index contributed by atoms with van der Waals surface area (Å²) in [5.41, 5.74) is 7.04. The van der Waals surface area contributed by atoms with E-state index in [1.807, 2.05) is 13.0 Å². The van der Waals surface area contributed by atoms with Crippen LogP contribution in [0.15, 0.2) is 18.2 Å². The molecule has 1 aromatic carbocycles. The molecule has 0 aliphatic rings. The largest absolute Gasteiger partial charge is 0.491 e. The third-order valence-corrected chi connectivity index (χ3v) is 2.15. The van der Waals surface area contributed by atoms with Gasteiger partial charge in [-0.05, 0) is 25.0 Å². The number of anilines is 1. The van der Waals surface area contributed by atoms with Crippen molar-refractivity contribution in [2.24, 2.45) is 0 Å². The van der Waals surface area contributed by atoms with Gasteiger partial charge in [-0.15, -0.1) is 0 Å². The van der Waals surface area contributed by atoms with Crippen LogP contribution in [-0.2, 0) is 0 Å². The first-order valence-electron chi connectivity index (χ1n) is 4.95. The van der Waals surface area contributed by atoms with Gasteiger partial charge in [-0.25, -0.2) is 0 Å². The molecule has 1 rings (SSSR count). The normalized spacial score (nSPS) is 11.5. The highest BCUT2D eigenvalue weighted by Gasteiger charge is 2.26. The Hall–Kier alpha value is -1.39. The molecule has 16 heavy (non-hydrogen) atoms. The van der Waals surface area contributed by atoms with E-state index >= 15 is 0 Å². The lowest BCUT2D eigenvalue weighted by Crippen LogP contribution is -2.10. The van der Waals surface area contributed by atoms with E-state index < -0.39 is 12.6 Å². The Bertz CT molecular complexity index is 350. The van der Waals surface area contributed by atoms with Crippen LogP contribution in [0, 0.1) is 6.92 Å². The molecule has 0 fully saturated rings. The molecule has 1 aromatic rings. The fourth-order valence-electron chi connectivity index (χ4n) is 1.23. The summed E-state index contributed by atoms with van der Waals surface area (Å²) in [4.78, 5) is 0. The molecular weight excluding hydrogens is 219 g/mol. The topological polar surface area (TPSA) is 35.2 Å². The van der Waals surface area contributed by atoms with E-state index in [1.54, 1.807) is 12.1 Å². The summed E-state index contributed by atoms with van der Waals surface area (Å²) < 4.78 is 40.7. The SMILES string of the molecule is Cc1cccc(OCCCC(F)(F)F)c1N. The van der Waals surface area contributed by atoms with Crippen LogP contribution in [0.25, 0.3) is 0 Å². The van der Waals surface area contributed by atoms with Crippen LogP contribution in [0.4, 0.5) is 18.9 Å². The van der Waals surface area contributed by atoms with Gasteiger partial charge in [0.2, 0.25) is 0 Å². The first kappa shape index (κ1) is 12.7. The van der Waals surface area contributed by atoms with Crippen molar-refractivity contribution in [1.82, 2.24) is 0 Å². The van der Waals surface area contributed by atoms with Crippen LogP contribution < -0.4 is 10.5 Å². The number of para-hydroxylation sites is 1. The minimum atomic E-state index is -4.12. The molecule has 0 aliphatic carbocycles. The summed E-state index contributed by atoms with van der Waals surface area (Å²) in [7, 11) is 0. The van der Waals surface area contributed by atoms with Crippen molar-refractivity contribution in [3.05, 3.63) is 23.8 Å². The van der Waals surface area contributed by atoms with Gasteiger partial charge in [0.05, 0.1) is 12.3 Å². The average Bonchev–Trinajstić information content (AvgIpc) is 2.17. The second kappa shape index (κ2) is 5.09. The van der Waals surface area contributed by atoms with Crippen molar-refractivity contribution in [2.75, 3.05) is 12.3 Å².